The van der Waals surface area contributed by atoms with Crippen molar-refractivity contribution in [3.8, 4) is 0 Å². The molecule has 0 saturated carbocycles. The molecule has 4 rings (SSSR count). The van der Waals surface area contributed by atoms with Crippen molar-refractivity contribution in [1.82, 2.24) is 19.4 Å². The average Bonchev–Trinajstić information content (AvgIpc) is 3.08. The van der Waals surface area contributed by atoms with E-state index in [1.807, 2.05) is 25.5 Å². The van der Waals surface area contributed by atoms with E-state index >= 15 is 0 Å². The smallest absolute Gasteiger partial charge is 0.252 e. The van der Waals surface area contributed by atoms with E-state index in [4.69, 9.17) is 5.73 Å². The van der Waals surface area contributed by atoms with Gasteiger partial charge in [0.1, 0.15) is 17.4 Å². The van der Waals surface area contributed by atoms with Crippen LogP contribution in [0.25, 0.3) is 11.0 Å². The van der Waals surface area contributed by atoms with Gasteiger partial charge in [-0.05, 0) is 30.0 Å². The van der Waals surface area contributed by atoms with E-state index in [1.165, 1.54) is 18.5 Å². The van der Waals surface area contributed by atoms with E-state index in [0.717, 1.165) is 55.3 Å². The number of primary amides is 1. The molecule has 1 saturated heterocycles. The Morgan fingerprint density at radius 1 is 1.12 bits per heavy atom. The van der Waals surface area contributed by atoms with E-state index in [2.05, 4.69) is 19.8 Å². The molecule has 0 radical (unpaired) electrons. The molecule has 3 heterocycles. The summed E-state index contributed by atoms with van der Waals surface area (Å²) < 4.78 is 28.6. The molecule has 3 aromatic rings. The lowest BCUT2D eigenvalue weighted by Gasteiger charge is -2.35. The topological polar surface area (TPSA) is 80.3 Å². The van der Waals surface area contributed by atoms with Crippen LogP contribution in [0.1, 0.15) is 41.4 Å². The minimum Gasteiger partial charge on any atom is -0.365 e. The van der Waals surface area contributed by atoms with E-state index in [-0.39, 0.29) is 5.92 Å². The molecule has 1 aliphatic heterocycles. The van der Waals surface area contributed by atoms with Crippen molar-refractivity contribution in [1.29, 1.82) is 0 Å². The standard InChI is InChI=1S/C23H28F2N6O/c1-14(2)20-18(22(26)32)19-21(29(20)3)23(28-13-27-19)31-10-8-30(9-11-31)7-6-15-4-5-16(24)17(25)12-15/h4-5,12-14H,6-11H2,1-3H3,(H2,26,32). The Bertz CT molecular complexity index is 1150. The first-order valence-electron chi connectivity index (χ1n) is 10.8. The zero-order chi connectivity index (χ0) is 23.0. The summed E-state index contributed by atoms with van der Waals surface area (Å²) in [6.07, 6.45) is 2.15. The van der Waals surface area contributed by atoms with Gasteiger partial charge in [-0.3, -0.25) is 9.69 Å². The summed E-state index contributed by atoms with van der Waals surface area (Å²) in [4.78, 5) is 25.6. The molecule has 0 atom stereocenters. The molecule has 32 heavy (non-hydrogen) atoms. The van der Waals surface area contributed by atoms with E-state index in [9.17, 15) is 13.6 Å². The van der Waals surface area contributed by atoms with Crippen LogP contribution in [0.2, 0.25) is 0 Å². The van der Waals surface area contributed by atoms with Crippen molar-refractivity contribution in [2.75, 3.05) is 37.6 Å². The number of halogens is 2. The van der Waals surface area contributed by atoms with Crippen molar-refractivity contribution < 1.29 is 13.6 Å². The number of carbonyl (C=O) groups excluding carboxylic acids is 1. The third-order valence-corrected chi connectivity index (χ3v) is 6.16. The molecule has 7 nitrogen and oxygen atoms in total. The molecule has 0 spiro atoms. The van der Waals surface area contributed by atoms with Gasteiger partial charge in [-0.25, -0.2) is 18.7 Å². The fraction of sp³-hybridized carbons (Fsp3) is 0.435. The SMILES string of the molecule is CC(C)c1c(C(N)=O)c2ncnc(N3CCN(CCc4ccc(F)c(F)c4)CC3)c2n1C. The van der Waals surface area contributed by atoms with Gasteiger partial charge in [0.05, 0.1) is 5.56 Å². The van der Waals surface area contributed by atoms with E-state index in [1.54, 1.807) is 6.07 Å². The summed E-state index contributed by atoms with van der Waals surface area (Å²) in [5.74, 6) is -1.20. The Morgan fingerprint density at radius 2 is 1.84 bits per heavy atom. The third kappa shape index (κ3) is 4.04. The summed E-state index contributed by atoms with van der Waals surface area (Å²) >= 11 is 0. The fourth-order valence-electron chi connectivity index (χ4n) is 4.59. The van der Waals surface area contributed by atoms with Crippen LogP contribution in [0.3, 0.4) is 0 Å². The van der Waals surface area contributed by atoms with Crippen molar-refractivity contribution in [2.45, 2.75) is 26.2 Å². The highest BCUT2D eigenvalue weighted by Gasteiger charge is 2.27. The van der Waals surface area contributed by atoms with Crippen LogP contribution < -0.4 is 10.6 Å². The van der Waals surface area contributed by atoms with Crippen molar-refractivity contribution >= 4 is 22.8 Å². The number of fused-ring (bicyclic) bond motifs is 1. The van der Waals surface area contributed by atoms with Crippen LogP contribution in [0.4, 0.5) is 14.6 Å². The second-order valence-corrected chi connectivity index (χ2v) is 8.56. The lowest BCUT2D eigenvalue weighted by Crippen LogP contribution is -2.47. The van der Waals surface area contributed by atoms with Gasteiger partial charge in [-0.2, -0.15) is 0 Å². The molecule has 0 unspecified atom stereocenters. The highest BCUT2D eigenvalue weighted by atomic mass is 19.2. The van der Waals surface area contributed by atoms with Gasteiger partial charge in [0.25, 0.3) is 5.91 Å². The first kappa shape index (κ1) is 22.1. The first-order chi connectivity index (χ1) is 15.3. The summed E-state index contributed by atoms with van der Waals surface area (Å²) in [6.45, 7) is 7.99. The van der Waals surface area contributed by atoms with Crippen LogP contribution in [0.15, 0.2) is 24.5 Å². The van der Waals surface area contributed by atoms with Gasteiger partial charge in [-0.15, -0.1) is 0 Å². The monoisotopic (exact) mass is 442 g/mol. The van der Waals surface area contributed by atoms with Crippen LogP contribution in [0, 0.1) is 11.6 Å². The maximum atomic E-state index is 13.4. The van der Waals surface area contributed by atoms with Crippen molar-refractivity contribution in [3.63, 3.8) is 0 Å². The van der Waals surface area contributed by atoms with E-state index in [0.29, 0.717) is 17.5 Å². The molecule has 9 heteroatoms. The molecule has 2 N–H and O–H groups in total. The predicted molar refractivity (Wildman–Crippen MR) is 120 cm³/mol. The number of nitrogens with zero attached hydrogens (tertiary/aromatic N) is 5. The number of hydrogen-bond donors (Lipinski definition) is 1. The number of piperazine rings is 1. The van der Waals surface area contributed by atoms with Crippen molar-refractivity contribution in [2.24, 2.45) is 12.8 Å². The Morgan fingerprint density at radius 3 is 2.47 bits per heavy atom. The highest BCUT2D eigenvalue weighted by molar-refractivity contribution is 6.08. The second kappa shape index (κ2) is 8.82. The zero-order valence-electron chi connectivity index (χ0n) is 18.6. The van der Waals surface area contributed by atoms with Crippen LogP contribution in [0.5, 0.6) is 0 Å². The number of aromatic nitrogens is 3. The van der Waals surface area contributed by atoms with Crippen molar-refractivity contribution in [3.05, 3.63) is 53.0 Å². The number of aryl methyl sites for hydroxylation is 1. The first-order valence-corrected chi connectivity index (χ1v) is 10.8. The second-order valence-electron chi connectivity index (χ2n) is 8.56. The Labute approximate surface area is 185 Å². The maximum absolute atomic E-state index is 13.4. The summed E-state index contributed by atoms with van der Waals surface area (Å²) in [5.41, 5.74) is 9.22. The Kier molecular flexibility index (Phi) is 6.10. The number of carbonyl (C=O) groups is 1. The molecule has 0 aliphatic carbocycles. The molecule has 1 aromatic carbocycles. The highest BCUT2D eigenvalue weighted by Crippen LogP contribution is 2.33. The number of benzene rings is 1. The van der Waals surface area contributed by atoms with Crippen LogP contribution >= 0.6 is 0 Å². The zero-order valence-corrected chi connectivity index (χ0v) is 18.6. The summed E-state index contributed by atoms with van der Waals surface area (Å²) in [7, 11) is 1.93. The molecule has 1 fully saturated rings. The van der Waals surface area contributed by atoms with Gasteiger partial charge >= 0.3 is 0 Å². The fourth-order valence-corrected chi connectivity index (χ4v) is 4.59. The number of rotatable bonds is 6. The Hall–Kier alpha value is -3.07. The predicted octanol–water partition coefficient (Wildman–Crippen LogP) is 2.83. The third-order valence-electron chi connectivity index (χ3n) is 6.16. The van der Waals surface area contributed by atoms with E-state index < -0.39 is 17.5 Å². The molecule has 170 valence electrons. The van der Waals surface area contributed by atoms with Gasteiger partial charge < -0.3 is 15.2 Å². The summed E-state index contributed by atoms with van der Waals surface area (Å²) in [5, 5.41) is 0. The molecular weight excluding hydrogens is 414 g/mol. The number of anilines is 1. The molecular formula is C23H28F2N6O. The number of hydrogen-bond acceptors (Lipinski definition) is 5. The molecule has 1 aliphatic rings. The minimum absolute atomic E-state index is 0.109. The van der Waals surface area contributed by atoms with Gasteiger partial charge in [0.15, 0.2) is 17.5 Å². The van der Waals surface area contributed by atoms with Gasteiger partial charge in [0, 0.05) is 45.5 Å². The Balaban J connectivity index is 1.51. The lowest BCUT2D eigenvalue weighted by atomic mass is 10.1. The average molecular weight is 443 g/mol. The quantitative estimate of drug-likeness (QED) is 0.635. The number of amides is 1. The minimum atomic E-state index is -0.820. The van der Waals surface area contributed by atoms with Gasteiger partial charge in [0.2, 0.25) is 0 Å². The van der Waals surface area contributed by atoms with Gasteiger partial charge in [-0.1, -0.05) is 19.9 Å². The normalized spacial score (nSPS) is 15.1. The largest absolute Gasteiger partial charge is 0.365 e. The molecule has 0 bridgehead atoms. The molecule has 1 amide bonds. The van der Waals surface area contributed by atoms with Crippen LogP contribution in [-0.2, 0) is 13.5 Å². The molecule has 2 aromatic heterocycles. The van der Waals surface area contributed by atoms with Crippen LogP contribution in [-0.4, -0.2) is 58.1 Å². The number of nitrogens with two attached hydrogens (primary N) is 1. The lowest BCUT2D eigenvalue weighted by molar-refractivity contribution is 0.1000. The summed E-state index contributed by atoms with van der Waals surface area (Å²) in [6, 6.07) is 4.07. The maximum Gasteiger partial charge on any atom is 0.252 e.